The maximum Gasteiger partial charge on any atom is 0.122 e. The molecule has 2 aliphatic rings. The molecule has 19 heavy (non-hydrogen) atoms. The number of hydrogen-bond donors (Lipinski definition) is 1. The Bertz CT molecular complexity index is 474. The van der Waals surface area contributed by atoms with Crippen LogP contribution in [0.2, 0.25) is 0 Å². The van der Waals surface area contributed by atoms with E-state index in [9.17, 15) is 0 Å². The summed E-state index contributed by atoms with van der Waals surface area (Å²) in [4.78, 5) is 0. The molecule has 0 radical (unpaired) electrons. The van der Waals surface area contributed by atoms with E-state index in [1.54, 1.807) is 7.11 Å². The predicted molar refractivity (Wildman–Crippen MR) is 75.4 cm³/mol. The molecule has 2 bridgehead atoms. The van der Waals surface area contributed by atoms with Crippen molar-refractivity contribution in [1.29, 1.82) is 0 Å². The van der Waals surface area contributed by atoms with E-state index in [0.717, 1.165) is 25.0 Å². The van der Waals surface area contributed by atoms with Gasteiger partial charge in [0.15, 0.2) is 0 Å². The van der Waals surface area contributed by atoms with Crippen molar-refractivity contribution in [2.75, 3.05) is 13.7 Å². The van der Waals surface area contributed by atoms with Crippen molar-refractivity contribution in [2.45, 2.75) is 44.8 Å². The Morgan fingerprint density at radius 3 is 2.84 bits per heavy atom. The van der Waals surface area contributed by atoms with Crippen LogP contribution in [-0.4, -0.2) is 25.9 Å². The summed E-state index contributed by atoms with van der Waals surface area (Å²) in [6, 6.07) is 6.37. The Morgan fingerprint density at radius 1 is 1.42 bits per heavy atom. The normalized spacial score (nSPS) is 32.8. The number of nitrogens with two attached hydrogens (primary N) is 1. The highest BCUT2D eigenvalue weighted by atomic mass is 16.5. The molecule has 0 aromatic heterocycles. The number of aryl methyl sites for hydroxylation is 1. The van der Waals surface area contributed by atoms with Crippen LogP contribution in [0.1, 0.15) is 30.4 Å². The van der Waals surface area contributed by atoms with Gasteiger partial charge in [0, 0.05) is 12.0 Å². The van der Waals surface area contributed by atoms with E-state index in [2.05, 4.69) is 25.1 Å². The SMILES string of the molecule is COc1ccc(C)cc1CC1(CN)CC2CCC1O2. The van der Waals surface area contributed by atoms with Gasteiger partial charge in [-0.15, -0.1) is 0 Å². The average molecular weight is 261 g/mol. The zero-order valence-corrected chi connectivity index (χ0v) is 11.8. The number of methoxy groups -OCH3 is 1. The summed E-state index contributed by atoms with van der Waals surface area (Å²) in [6.45, 7) is 2.82. The van der Waals surface area contributed by atoms with E-state index in [1.807, 2.05) is 0 Å². The molecular weight excluding hydrogens is 238 g/mol. The van der Waals surface area contributed by atoms with Gasteiger partial charge in [-0.05, 0) is 44.2 Å². The second kappa shape index (κ2) is 4.80. The molecule has 0 amide bonds. The summed E-state index contributed by atoms with van der Waals surface area (Å²) >= 11 is 0. The lowest BCUT2D eigenvalue weighted by Gasteiger charge is -2.34. The zero-order chi connectivity index (χ0) is 13.5. The van der Waals surface area contributed by atoms with Crippen LogP contribution in [0.15, 0.2) is 18.2 Å². The van der Waals surface area contributed by atoms with Gasteiger partial charge in [0.05, 0.1) is 19.3 Å². The van der Waals surface area contributed by atoms with Crippen molar-refractivity contribution >= 4 is 0 Å². The highest BCUT2D eigenvalue weighted by Gasteiger charge is 2.51. The first-order chi connectivity index (χ1) is 9.16. The zero-order valence-electron chi connectivity index (χ0n) is 11.8. The predicted octanol–water partition coefficient (Wildman–Crippen LogP) is 2.44. The van der Waals surface area contributed by atoms with E-state index < -0.39 is 0 Å². The molecule has 104 valence electrons. The van der Waals surface area contributed by atoms with Gasteiger partial charge in [0.25, 0.3) is 0 Å². The van der Waals surface area contributed by atoms with E-state index in [-0.39, 0.29) is 5.41 Å². The standard InChI is InChI=1S/C16H23NO2/c1-11-3-5-14(18-2)12(7-11)8-16(10-17)9-13-4-6-15(16)19-13/h3,5,7,13,15H,4,6,8-10,17H2,1-2H3. The summed E-state index contributed by atoms with van der Waals surface area (Å²) in [7, 11) is 1.74. The van der Waals surface area contributed by atoms with Gasteiger partial charge in [-0.25, -0.2) is 0 Å². The first kappa shape index (κ1) is 12.9. The van der Waals surface area contributed by atoms with Crippen LogP contribution in [0.4, 0.5) is 0 Å². The Labute approximate surface area is 115 Å². The molecule has 2 saturated heterocycles. The van der Waals surface area contributed by atoms with Crippen LogP contribution in [0.3, 0.4) is 0 Å². The second-order valence-corrected chi connectivity index (χ2v) is 6.09. The third-order valence-corrected chi connectivity index (χ3v) is 4.81. The summed E-state index contributed by atoms with van der Waals surface area (Å²) in [6.07, 6.45) is 5.21. The molecule has 0 spiro atoms. The van der Waals surface area contributed by atoms with Crippen LogP contribution < -0.4 is 10.5 Å². The molecule has 0 aliphatic carbocycles. The lowest BCUT2D eigenvalue weighted by Crippen LogP contribution is -2.41. The van der Waals surface area contributed by atoms with E-state index in [1.165, 1.54) is 17.5 Å². The lowest BCUT2D eigenvalue weighted by atomic mass is 9.70. The smallest absolute Gasteiger partial charge is 0.122 e. The molecule has 1 aromatic carbocycles. The van der Waals surface area contributed by atoms with Crippen molar-refractivity contribution < 1.29 is 9.47 Å². The van der Waals surface area contributed by atoms with E-state index >= 15 is 0 Å². The quantitative estimate of drug-likeness (QED) is 0.905. The number of rotatable bonds is 4. The first-order valence-corrected chi connectivity index (χ1v) is 7.16. The first-order valence-electron chi connectivity index (χ1n) is 7.16. The molecule has 3 nitrogen and oxygen atoms in total. The average Bonchev–Trinajstić information content (AvgIpc) is 3.00. The third kappa shape index (κ3) is 2.15. The van der Waals surface area contributed by atoms with Crippen LogP contribution in [0.25, 0.3) is 0 Å². The van der Waals surface area contributed by atoms with E-state index in [0.29, 0.717) is 18.8 Å². The molecule has 1 aromatic rings. The maximum absolute atomic E-state index is 6.11. The summed E-state index contributed by atoms with van der Waals surface area (Å²) < 4.78 is 11.5. The van der Waals surface area contributed by atoms with Crippen LogP contribution in [0.5, 0.6) is 5.75 Å². The fourth-order valence-electron chi connectivity index (χ4n) is 3.79. The molecule has 2 fully saturated rings. The van der Waals surface area contributed by atoms with Crippen LogP contribution >= 0.6 is 0 Å². The summed E-state index contributed by atoms with van der Waals surface area (Å²) in [5.41, 5.74) is 8.77. The van der Waals surface area contributed by atoms with Gasteiger partial charge in [0.2, 0.25) is 0 Å². The largest absolute Gasteiger partial charge is 0.496 e. The number of benzene rings is 1. The van der Waals surface area contributed by atoms with Crippen molar-refractivity contribution in [1.82, 2.24) is 0 Å². The molecule has 2 heterocycles. The molecule has 2 N–H and O–H groups in total. The van der Waals surface area contributed by atoms with Gasteiger partial charge in [-0.3, -0.25) is 0 Å². The van der Waals surface area contributed by atoms with Gasteiger partial charge in [0.1, 0.15) is 5.75 Å². The molecular formula is C16H23NO2. The number of ether oxygens (including phenoxy) is 2. The minimum atomic E-state index is 0.115. The van der Waals surface area contributed by atoms with E-state index in [4.69, 9.17) is 15.2 Å². The van der Waals surface area contributed by atoms with Crippen molar-refractivity contribution in [2.24, 2.45) is 11.1 Å². The summed E-state index contributed by atoms with van der Waals surface area (Å²) in [5, 5.41) is 0. The highest BCUT2D eigenvalue weighted by molar-refractivity contribution is 5.38. The molecule has 3 unspecified atom stereocenters. The third-order valence-electron chi connectivity index (χ3n) is 4.81. The van der Waals surface area contributed by atoms with Crippen molar-refractivity contribution in [3.63, 3.8) is 0 Å². The lowest BCUT2D eigenvalue weighted by molar-refractivity contribution is 0.0634. The Kier molecular flexibility index (Phi) is 3.27. The number of hydrogen-bond acceptors (Lipinski definition) is 3. The fourth-order valence-corrected chi connectivity index (χ4v) is 3.79. The van der Waals surface area contributed by atoms with Gasteiger partial charge in [-0.2, -0.15) is 0 Å². The van der Waals surface area contributed by atoms with Crippen LogP contribution in [0, 0.1) is 12.3 Å². The molecule has 3 atom stereocenters. The van der Waals surface area contributed by atoms with Gasteiger partial charge in [-0.1, -0.05) is 17.7 Å². The Hall–Kier alpha value is -1.06. The topological polar surface area (TPSA) is 44.5 Å². The molecule has 3 heteroatoms. The monoisotopic (exact) mass is 261 g/mol. The molecule has 0 saturated carbocycles. The Balaban J connectivity index is 1.89. The maximum atomic E-state index is 6.11. The van der Waals surface area contributed by atoms with Crippen LogP contribution in [-0.2, 0) is 11.2 Å². The molecule has 2 aliphatic heterocycles. The fraction of sp³-hybridized carbons (Fsp3) is 0.625. The Morgan fingerprint density at radius 2 is 2.26 bits per heavy atom. The van der Waals surface area contributed by atoms with Gasteiger partial charge < -0.3 is 15.2 Å². The van der Waals surface area contributed by atoms with Gasteiger partial charge >= 0.3 is 0 Å². The second-order valence-electron chi connectivity index (χ2n) is 6.09. The summed E-state index contributed by atoms with van der Waals surface area (Å²) in [5.74, 6) is 0.973. The minimum Gasteiger partial charge on any atom is -0.496 e. The highest BCUT2D eigenvalue weighted by Crippen LogP contribution is 2.49. The molecule has 3 rings (SSSR count). The van der Waals surface area contributed by atoms with Crippen molar-refractivity contribution in [3.8, 4) is 5.75 Å². The number of fused-ring (bicyclic) bond motifs is 2. The van der Waals surface area contributed by atoms with Crippen molar-refractivity contribution in [3.05, 3.63) is 29.3 Å². The minimum absolute atomic E-state index is 0.115.